The first-order valence-electron chi connectivity index (χ1n) is 9.46. The van der Waals surface area contributed by atoms with Gasteiger partial charge in [0.25, 0.3) is 11.8 Å². The first-order valence-corrected chi connectivity index (χ1v) is 9.46. The molecule has 1 aromatic carbocycles. The maximum absolute atomic E-state index is 14.5. The second kappa shape index (κ2) is 9.46. The van der Waals surface area contributed by atoms with E-state index < -0.39 is 48.5 Å². The van der Waals surface area contributed by atoms with Crippen molar-refractivity contribution in [3.05, 3.63) is 53.5 Å². The lowest BCUT2D eigenvalue weighted by Gasteiger charge is -2.28. The van der Waals surface area contributed by atoms with Gasteiger partial charge in [0.15, 0.2) is 0 Å². The van der Waals surface area contributed by atoms with Gasteiger partial charge in [-0.3, -0.25) is 10.2 Å². The molecule has 2 aromatic rings. The van der Waals surface area contributed by atoms with Crippen molar-refractivity contribution < 1.29 is 35.9 Å². The molecule has 1 amide bonds. The first kappa shape index (κ1) is 24.0. The number of alkyl halides is 5. The van der Waals surface area contributed by atoms with Crippen LogP contribution in [0.2, 0.25) is 0 Å². The standard InChI is InChI=1S/C20H17F6N5O2/c21-14-3-1-2-13(17(14)30-29-8-7-27)18(32)31-9-6-19(22,23)15(31)11-33-16-5-4-12(10-28-16)20(24,25)26/h1-5,7-8,10,15,27,30H,6,9,11H2/b27-7?,29-8-/t15-/m1/s1. The molecule has 0 bridgehead atoms. The molecule has 0 saturated carbocycles. The topological polar surface area (TPSA) is 90.7 Å². The van der Waals surface area contributed by atoms with Crippen LogP contribution in [0.5, 0.6) is 5.88 Å². The van der Waals surface area contributed by atoms with Crippen LogP contribution >= 0.6 is 0 Å². The Morgan fingerprint density at radius 2 is 2.09 bits per heavy atom. The lowest BCUT2D eigenvalue weighted by Crippen LogP contribution is -2.46. The van der Waals surface area contributed by atoms with Crippen LogP contribution in [0.1, 0.15) is 22.3 Å². The quantitative estimate of drug-likeness (QED) is 0.358. The fraction of sp³-hybridized carbons (Fsp3) is 0.300. The molecule has 1 atom stereocenters. The number of halogens is 6. The van der Waals surface area contributed by atoms with Crippen LogP contribution in [0.15, 0.2) is 41.6 Å². The molecule has 0 spiro atoms. The SMILES string of the molecule is N=C/C=N\Nc1c(F)cccc1C(=O)N1CCC(F)(F)[C@H]1COc1ccc(C(F)(F)F)cn1. The number of aromatic nitrogens is 1. The van der Waals surface area contributed by atoms with Crippen LogP contribution in [0.25, 0.3) is 0 Å². The Balaban J connectivity index is 1.80. The largest absolute Gasteiger partial charge is 0.475 e. The highest BCUT2D eigenvalue weighted by atomic mass is 19.4. The van der Waals surface area contributed by atoms with E-state index in [1.165, 1.54) is 12.1 Å². The molecule has 1 fully saturated rings. The van der Waals surface area contributed by atoms with Gasteiger partial charge < -0.3 is 15.0 Å². The number of carbonyl (C=O) groups is 1. The molecule has 7 nitrogen and oxygen atoms in total. The second-order valence-corrected chi connectivity index (χ2v) is 6.94. The van der Waals surface area contributed by atoms with Crippen molar-refractivity contribution in [2.45, 2.75) is 24.6 Å². The van der Waals surface area contributed by atoms with E-state index in [-0.39, 0.29) is 23.7 Å². The predicted octanol–water partition coefficient (Wildman–Crippen LogP) is 4.22. The lowest BCUT2D eigenvalue weighted by atomic mass is 10.1. The average molecular weight is 473 g/mol. The highest BCUT2D eigenvalue weighted by molar-refractivity contribution is 6.14. The van der Waals surface area contributed by atoms with E-state index in [4.69, 9.17) is 10.1 Å². The van der Waals surface area contributed by atoms with Crippen LogP contribution in [0, 0.1) is 11.2 Å². The molecule has 13 heteroatoms. The summed E-state index contributed by atoms with van der Waals surface area (Å²) in [5.74, 6) is -5.48. The Morgan fingerprint density at radius 3 is 2.73 bits per heavy atom. The predicted molar refractivity (Wildman–Crippen MR) is 106 cm³/mol. The molecule has 176 valence electrons. The van der Waals surface area contributed by atoms with Gasteiger partial charge in [-0.25, -0.2) is 18.2 Å². The Labute approximate surface area is 183 Å². The van der Waals surface area contributed by atoms with Crippen LogP contribution in [0.4, 0.5) is 32.0 Å². The van der Waals surface area contributed by atoms with Crippen LogP contribution in [-0.4, -0.2) is 53.3 Å². The molecular weight excluding hydrogens is 456 g/mol. The van der Waals surface area contributed by atoms with Crippen LogP contribution < -0.4 is 10.2 Å². The van der Waals surface area contributed by atoms with Gasteiger partial charge in [0.2, 0.25) is 5.88 Å². The summed E-state index contributed by atoms with van der Waals surface area (Å²) in [6.45, 7) is -1.11. The van der Waals surface area contributed by atoms with E-state index in [1.807, 2.05) is 0 Å². The summed E-state index contributed by atoms with van der Waals surface area (Å²) in [5, 5.41) is 10.4. The summed E-state index contributed by atoms with van der Waals surface area (Å²) in [6.07, 6.45) is -3.01. The third kappa shape index (κ3) is 5.41. The van der Waals surface area contributed by atoms with E-state index in [9.17, 15) is 31.1 Å². The number of likely N-dealkylation sites (tertiary alicyclic amines) is 1. The molecule has 0 aliphatic carbocycles. The van der Waals surface area contributed by atoms with Gasteiger partial charge in [0.1, 0.15) is 24.2 Å². The molecule has 0 radical (unpaired) electrons. The van der Waals surface area contributed by atoms with Crippen LogP contribution in [0.3, 0.4) is 0 Å². The molecule has 1 aliphatic heterocycles. The van der Waals surface area contributed by atoms with Gasteiger partial charge in [-0.1, -0.05) is 6.07 Å². The number of anilines is 1. The number of nitrogens with one attached hydrogen (secondary N) is 2. The Kier molecular flexibility index (Phi) is 6.89. The molecule has 1 aliphatic rings. The molecule has 0 unspecified atom stereocenters. The van der Waals surface area contributed by atoms with Gasteiger partial charge in [-0.2, -0.15) is 18.3 Å². The molecular formula is C20H17F6N5O2. The maximum atomic E-state index is 14.5. The Hall–Kier alpha value is -3.64. The zero-order valence-corrected chi connectivity index (χ0v) is 16.7. The highest BCUT2D eigenvalue weighted by Crippen LogP contribution is 2.36. The van der Waals surface area contributed by atoms with Crippen LogP contribution in [-0.2, 0) is 6.18 Å². The van der Waals surface area contributed by atoms with Crippen molar-refractivity contribution >= 4 is 24.0 Å². The minimum absolute atomic E-state index is 0.271. The second-order valence-electron chi connectivity index (χ2n) is 6.94. The number of hydrazone groups is 1. The maximum Gasteiger partial charge on any atom is 0.417 e. The fourth-order valence-corrected chi connectivity index (χ4v) is 3.18. The number of para-hydroxylation sites is 1. The number of benzene rings is 1. The summed E-state index contributed by atoms with van der Waals surface area (Å²) in [6, 6.07) is 3.29. The summed E-state index contributed by atoms with van der Waals surface area (Å²) >= 11 is 0. The van der Waals surface area contributed by atoms with Gasteiger partial charge in [-0.05, 0) is 18.2 Å². The zero-order valence-electron chi connectivity index (χ0n) is 16.7. The molecule has 2 heterocycles. The molecule has 3 rings (SSSR count). The minimum atomic E-state index is -4.62. The summed E-state index contributed by atoms with van der Waals surface area (Å²) in [5.41, 5.74) is 0.608. The number of ether oxygens (including phenoxy) is 1. The lowest BCUT2D eigenvalue weighted by molar-refractivity contribution is -0.137. The molecule has 1 aromatic heterocycles. The third-order valence-corrected chi connectivity index (χ3v) is 4.83. The monoisotopic (exact) mass is 473 g/mol. The van der Waals surface area contributed by atoms with Crippen molar-refractivity contribution in [2.75, 3.05) is 18.6 Å². The van der Waals surface area contributed by atoms with Crippen molar-refractivity contribution in [3.8, 4) is 5.88 Å². The average Bonchev–Trinajstić information content (AvgIpc) is 3.06. The molecule has 33 heavy (non-hydrogen) atoms. The van der Waals surface area contributed by atoms with Gasteiger partial charge in [-0.15, -0.1) is 0 Å². The third-order valence-electron chi connectivity index (χ3n) is 4.83. The van der Waals surface area contributed by atoms with Gasteiger partial charge in [0.05, 0.1) is 17.3 Å². The van der Waals surface area contributed by atoms with E-state index in [0.717, 1.165) is 29.5 Å². The van der Waals surface area contributed by atoms with Crippen molar-refractivity contribution in [2.24, 2.45) is 5.10 Å². The Morgan fingerprint density at radius 1 is 1.33 bits per heavy atom. The fourth-order valence-electron chi connectivity index (χ4n) is 3.18. The smallest absolute Gasteiger partial charge is 0.417 e. The normalized spacial score (nSPS) is 17.9. The number of nitrogens with zero attached hydrogens (tertiary/aromatic N) is 3. The summed E-state index contributed by atoms with van der Waals surface area (Å²) in [7, 11) is 0. The first-order chi connectivity index (χ1) is 15.5. The van der Waals surface area contributed by atoms with Crippen molar-refractivity contribution in [1.82, 2.24) is 9.88 Å². The van der Waals surface area contributed by atoms with E-state index in [1.54, 1.807) is 0 Å². The van der Waals surface area contributed by atoms with E-state index in [2.05, 4.69) is 15.5 Å². The number of pyridine rings is 1. The van der Waals surface area contributed by atoms with Crippen molar-refractivity contribution in [3.63, 3.8) is 0 Å². The Bertz CT molecular complexity index is 1040. The number of rotatable bonds is 7. The van der Waals surface area contributed by atoms with E-state index >= 15 is 0 Å². The van der Waals surface area contributed by atoms with Gasteiger partial charge in [0, 0.05) is 31.4 Å². The zero-order chi connectivity index (χ0) is 24.2. The highest BCUT2D eigenvalue weighted by Gasteiger charge is 2.51. The number of hydrogen-bond acceptors (Lipinski definition) is 6. The van der Waals surface area contributed by atoms with E-state index in [0.29, 0.717) is 12.3 Å². The summed E-state index contributed by atoms with van der Waals surface area (Å²) < 4.78 is 86.3. The molecule has 2 N–H and O–H groups in total. The molecule has 1 saturated heterocycles. The number of amides is 1. The minimum Gasteiger partial charge on any atom is -0.475 e. The number of hydrogen-bond donors (Lipinski definition) is 2. The summed E-state index contributed by atoms with van der Waals surface area (Å²) in [4.78, 5) is 17.3. The van der Waals surface area contributed by atoms with Crippen molar-refractivity contribution in [1.29, 1.82) is 5.41 Å². The van der Waals surface area contributed by atoms with Gasteiger partial charge >= 0.3 is 6.18 Å². The number of carbonyl (C=O) groups excluding carboxylic acids is 1.